The zero-order valence-corrected chi connectivity index (χ0v) is 39.4. The van der Waals surface area contributed by atoms with Crippen molar-refractivity contribution in [2.75, 3.05) is 48.3 Å². The number of aryl methyl sites for hydroxylation is 2. The largest absolute Gasteiger partial charge is 0.493 e. The summed E-state index contributed by atoms with van der Waals surface area (Å²) in [4.78, 5) is 52.7. The molecule has 4 heterocycles. The molecule has 0 N–H and O–H groups in total. The van der Waals surface area contributed by atoms with Gasteiger partial charge in [-0.1, -0.05) is 47.6 Å². The van der Waals surface area contributed by atoms with Crippen molar-refractivity contribution in [1.29, 1.82) is 0 Å². The van der Waals surface area contributed by atoms with Gasteiger partial charge in [-0.2, -0.15) is 0 Å². The van der Waals surface area contributed by atoms with E-state index < -0.39 is 14.2 Å². The zero-order chi connectivity index (χ0) is 45.6. The number of nitrogens with zero attached hydrogens (tertiary/aromatic N) is 4. The van der Waals surface area contributed by atoms with Crippen LogP contribution in [0.1, 0.15) is 80.8 Å². The predicted molar refractivity (Wildman–Crippen MR) is 261 cm³/mol. The van der Waals surface area contributed by atoms with Crippen molar-refractivity contribution >= 4 is 67.3 Å². The standard InChI is InChI=1S/C52H54N4O7S2/c1-32-19-41-35(15-16-38-23-36-11-7-9-13-44(36)55(38)50(41)58)25-46(32)62-30-33-20-34(22-39(21-33)54(17-18-60-4)49(57)28-52(2,3)65(6)64)31-63-48-27-43-42(26-47(48)61-5)51(59)56-40(29-53-43)24-37-12-8-10-14-45(37)56/h7-14,19-22,25-27,29,38,40H,15-18,23-24,28,30-31H2,1-6H3/t38-,40+,65?/m1/s1. The minimum atomic E-state index is -0.424. The number of carbonyl (C=O) groups is 3. The number of hydrogen-bond acceptors (Lipinski definition) is 9. The fourth-order valence-corrected chi connectivity index (χ4v) is 9.93. The molecule has 336 valence electrons. The molecule has 11 nitrogen and oxygen atoms in total. The van der Waals surface area contributed by atoms with Crippen LogP contribution in [-0.2, 0) is 62.7 Å². The normalized spacial score (nSPS) is 17.5. The van der Waals surface area contributed by atoms with E-state index in [1.165, 1.54) is 5.56 Å². The Balaban J connectivity index is 1.01. The van der Waals surface area contributed by atoms with E-state index in [0.29, 0.717) is 59.3 Å². The Hall–Kier alpha value is -5.89. The van der Waals surface area contributed by atoms with Crippen LogP contribution in [0.3, 0.4) is 0 Å². The van der Waals surface area contributed by atoms with Gasteiger partial charge < -0.3 is 28.7 Å². The second-order valence-corrected chi connectivity index (χ2v) is 21.4. The van der Waals surface area contributed by atoms with Crippen LogP contribution in [-0.4, -0.2) is 74.4 Å². The lowest BCUT2D eigenvalue weighted by atomic mass is 9.98. The molecule has 0 spiro atoms. The average Bonchev–Trinajstić information content (AvgIpc) is 3.79. The second-order valence-electron chi connectivity index (χ2n) is 17.9. The van der Waals surface area contributed by atoms with Crippen molar-refractivity contribution in [1.82, 2.24) is 0 Å². The molecule has 3 amide bonds. The Labute approximate surface area is 387 Å². The summed E-state index contributed by atoms with van der Waals surface area (Å²) in [6.45, 7) is 7.01. The molecule has 0 bridgehead atoms. The third-order valence-electron chi connectivity index (χ3n) is 13.1. The Morgan fingerprint density at radius 1 is 0.815 bits per heavy atom. The summed E-state index contributed by atoms with van der Waals surface area (Å²) in [6.07, 6.45) is 7.25. The summed E-state index contributed by atoms with van der Waals surface area (Å²) in [7, 11) is 2.75. The number of fused-ring (bicyclic) bond motifs is 8. The maximum atomic E-state index is 14.2. The zero-order valence-electron chi connectivity index (χ0n) is 37.7. The van der Waals surface area contributed by atoms with Gasteiger partial charge in [0.15, 0.2) is 11.5 Å². The molecule has 4 aliphatic heterocycles. The van der Waals surface area contributed by atoms with E-state index in [-0.39, 0.29) is 49.4 Å². The lowest BCUT2D eigenvalue weighted by Gasteiger charge is -2.30. The third kappa shape index (κ3) is 8.69. The Kier molecular flexibility index (Phi) is 12.4. The van der Waals surface area contributed by atoms with Crippen LogP contribution in [0.4, 0.5) is 22.7 Å². The lowest BCUT2D eigenvalue weighted by Crippen LogP contribution is -2.40. The number of ether oxygens (including phenoxy) is 4. The first-order chi connectivity index (χ1) is 31.3. The number of anilines is 3. The average molecular weight is 911 g/mol. The van der Waals surface area contributed by atoms with Gasteiger partial charge in [0.2, 0.25) is 5.91 Å². The van der Waals surface area contributed by atoms with Crippen molar-refractivity contribution in [2.24, 2.45) is 4.99 Å². The number of methoxy groups -OCH3 is 2. The smallest absolute Gasteiger partial charge is 0.261 e. The summed E-state index contributed by atoms with van der Waals surface area (Å²) in [5.74, 6) is 1.35. The second kappa shape index (κ2) is 18.2. The molecule has 4 aliphatic rings. The number of amides is 3. The van der Waals surface area contributed by atoms with Crippen LogP contribution >= 0.6 is 0 Å². The molecule has 0 saturated carbocycles. The molecule has 0 fully saturated rings. The van der Waals surface area contributed by atoms with Crippen molar-refractivity contribution in [3.8, 4) is 17.2 Å². The van der Waals surface area contributed by atoms with Crippen LogP contribution in [0.25, 0.3) is 0 Å². The molecule has 1 unspecified atom stereocenters. The molecule has 0 radical (unpaired) electrons. The maximum absolute atomic E-state index is 14.2. The van der Waals surface area contributed by atoms with Crippen LogP contribution < -0.4 is 28.9 Å². The van der Waals surface area contributed by atoms with Crippen molar-refractivity contribution < 1.29 is 33.3 Å². The molecule has 0 aliphatic carbocycles. The highest BCUT2D eigenvalue weighted by Gasteiger charge is 2.38. The van der Waals surface area contributed by atoms with Gasteiger partial charge in [0.05, 0.1) is 31.0 Å². The highest BCUT2D eigenvalue weighted by molar-refractivity contribution is 8.29. The molecule has 65 heavy (non-hydrogen) atoms. The van der Waals surface area contributed by atoms with E-state index in [0.717, 1.165) is 58.5 Å². The van der Waals surface area contributed by atoms with Crippen LogP contribution in [0.15, 0.2) is 96.0 Å². The van der Waals surface area contributed by atoms with Crippen LogP contribution in [0, 0.1) is 6.92 Å². The molecule has 0 aromatic heterocycles. The summed E-state index contributed by atoms with van der Waals surface area (Å²) in [5.41, 5.74) is 9.99. The fourth-order valence-electron chi connectivity index (χ4n) is 9.43. The molecule has 9 rings (SSSR count). The number of aliphatic imine (C=N–C) groups is 1. The molecular weight excluding hydrogens is 857 g/mol. The number of carbonyl (C=O) groups excluding carboxylic acids is 3. The third-order valence-corrected chi connectivity index (χ3v) is 16.2. The molecular formula is C52H54N4O7S2. The Morgan fingerprint density at radius 2 is 1.48 bits per heavy atom. The molecule has 5 aromatic rings. The van der Waals surface area contributed by atoms with E-state index in [4.69, 9.17) is 35.1 Å². The maximum Gasteiger partial charge on any atom is 0.261 e. The van der Waals surface area contributed by atoms with E-state index in [1.807, 2.05) is 116 Å². The van der Waals surface area contributed by atoms with Gasteiger partial charge in [0.1, 0.15) is 19.0 Å². The topological polar surface area (TPSA) is 110 Å². The molecule has 3 atom stereocenters. The van der Waals surface area contributed by atoms with Gasteiger partial charge in [-0.05, 0) is 128 Å². The number of hydrogen-bond donors (Lipinski definition) is 0. The van der Waals surface area contributed by atoms with Gasteiger partial charge in [-0.3, -0.25) is 24.3 Å². The molecule has 5 aromatic carbocycles. The monoisotopic (exact) mass is 910 g/mol. The van der Waals surface area contributed by atoms with Gasteiger partial charge >= 0.3 is 0 Å². The first-order valence-electron chi connectivity index (χ1n) is 22.1. The first-order valence-corrected chi connectivity index (χ1v) is 24.6. The summed E-state index contributed by atoms with van der Waals surface area (Å²) < 4.78 is 24.1. The molecule has 0 saturated heterocycles. The van der Waals surface area contributed by atoms with Crippen LogP contribution in [0.2, 0.25) is 0 Å². The highest BCUT2D eigenvalue weighted by Crippen LogP contribution is 2.42. The van der Waals surface area contributed by atoms with Crippen molar-refractivity contribution in [3.63, 3.8) is 0 Å². The summed E-state index contributed by atoms with van der Waals surface area (Å²) in [6, 6.07) is 29.5. The Morgan fingerprint density at radius 3 is 2.17 bits per heavy atom. The van der Waals surface area contributed by atoms with E-state index in [2.05, 4.69) is 6.07 Å². The Bertz CT molecular complexity index is 2770. The van der Waals surface area contributed by atoms with Gasteiger partial charge in [0, 0.05) is 72.2 Å². The lowest BCUT2D eigenvalue weighted by molar-refractivity contribution is -0.119. The van der Waals surface area contributed by atoms with Gasteiger partial charge in [0.25, 0.3) is 11.8 Å². The summed E-state index contributed by atoms with van der Waals surface area (Å²) >= 11 is 5.67. The number of para-hydroxylation sites is 2. The first kappa shape index (κ1) is 44.3. The highest BCUT2D eigenvalue weighted by atomic mass is 32.8. The minimum Gasteiger partial charge on any atom is -0.493 e. The fraction of sp³-hybridized carbons (Fsp3) is 0.346. The van der Waals surface area contributed by atoms with E-state index in [1.54, 1.807) is 31.3 Å². The summed E-state index contributed by atoms with van der Waals surface area (Å²) in [5, 5.41) is 0. The van der Waals surface area contributed by atoms with Crippen molar-refractivity contribution in [3.05, 3.63) is 136 Å². The predicted octanol–water partition coefficient (Wildman–Crippen LogP) is 8.82. The van der Waals surface area contributed by atoms with Gasteiger partial charge in [-0.15, -0.1) is 9.45 Å². The SMILES string of the molecule is COCCN(C(=O)CC(C)(C)S(C)=S)c1cc(COc2cc3c(cc2C)C(=O)N2c4ccccc4C[C@H]2CC3)cc(COc2cc3c(cc2OC)C(=O)N2c4ccccc4C[C@H]2C=N3)c1. The number of benzene rings is 5. The number of rotatable bonds is 14. The van der Waals surface area contributed by atoms with Gasteiger partial charge in [-0.25, -0.2) is 0 Å². The molecule has 13 heteroatoms. The van der Waals surface area contributed by atoms with Crippen molar-refractivity contribution in [2.45, 2.75) is 82.9 Å². The quantitative estimate of drug-likeness (QED) is 0.109. The minimum absolute atomic E-state index is 0.0324. The van der Waals surface area contributed by atoms with E-state index >= 15 is 0 Å². The van der Waals surface area contributed by atoms with Crippen LogP contribution in [0.5, 0.6) is 17.2 Å². The van der Waals surface area contributed by atoms with E-state index in [9.17, 15) is 14.4 Å².